The topological polar surface area (TPSA) is 145 Å². The van der Waals surface area contributed by atoms with Crippen LogP contribution in [0.25, 0.3) is 0 Å². The summed E-state index contributed by atoms with van der Waals surface area (Å²) in [6.45, 7) is 3.21. The lowest BCUT2D eigenvalue weighted by Gasteiger charge is -2.27. The Hall–Kier alpha value is -0.512. The zero-order chi connectivity index (χ0) is 37.7. The second-order valence-electron chi connectivity index (χ2n) is 11.5. The van der Waals surface area contributed by atoms with Crippen LogP contribution in [0.3, 0.4) is 0 Å². The van der Waals surface area contributed by atoms with E-state index in [1.807, 2.05) is 36.9 Å². The molecule has 294 valence electrons. The van der Waals surface area contributed by atoms with E-state index in [1.165, 1.54) is 19.3 Å². The molecule has 0 aromatic heterocycles. The molecule has 0 bridgehead atoms. The molecule has 1 aromatic carbocycles. The Balaban J connectivity index is 0.000000342. The third-order valence-corrected chi connectivity index (χ3v) is 18.9. The number of fused-ring (bicyclic) bond motifs is 1. The smallest absolute Gasteiger partial charge is 0.377 e. The fraction of sp³-hybridized carbons (Fsp3) is 0.806. The van der Waals surface area contributed by atoms with Crippen molar-refractivity contribution in [1.29, 1.82) is 0 Å². The van der Waals surface area contributed by atoms with E-state index >= 15 is 0 Å². The number of hydrogen-bond donors (Lipinski definition) is 0. The second-order valence-corrected chi connectivity index (χ2v) is 23.3. The van der Waals surface area contributed by atoms with E-state index in [-0.39, 0.29) is 6.10 Å². The molecule has 2 saturated heterocycles. The Kier molecular flexibility index (Phi) is 23.5. The van der Waals surface area contributed by atoms with Crippen molar-refractivity contribution in [2.24, 2.45) is 5.92 Å². The number of benzene rings is 1. The number of epoxide rings is 2. The quantitative estimate of drug-likeness (QED) is 0.141. The summed E-state index contributed by atoms with van der Waals surface area (Å²) in [7, 11) is 9.65. The predicted molar refractivity (Wildman–Crippen MR) is 195 cm³/mol. The summed E-state index contributed by atoms with van der Waals surface area (Å²) in [5.74, 6) is 0.760. The van der Waals surface area contributed by atoms with Crippen LogP contribution in [0.2, 0.25) is 12.6 Å². The van der Waals surface area contributed by atoms with Crippen LogP contribution >= 0.6 is 0 Å². The summed E-state index contributed by atoms with van der Waals surface area (Å²) in [5, 5.41) is 0.975. The first kappa shape index (κ1) is 47.5. The fourth-order valence-corrected chi connectivity index (χ4v) is 10.5. The van der Waals surface area contributed by atoms with Gasteiger partial charge in [0.25, 0.3) is 0 Å². The van der Waals surface area contributed by atoms with Gasteiger partial charge in [-0.3, -0.25) is 0 Å². The van der Waals surface area contributed by atoms with Gasteiger partial charge in [-0.25, -0.2) is 0 Å². The molecular formula is C31H64O15Si4. The molecule has 3 aliphatic rings. The Morgan fingerprint density at radius 2 is 1.12 bits per heavy atom. The van der Waals surface area contributed by atoms with Crippen LogP contribution < -0.4 is 5.19 Å². The zero-order valence-corrected chi connectivity index (χ0v) is 36.5. The first-order valence-electron chi connectivity index (χ1n) is 16.5. The van der Waals surface area contributed by atoms with Crippen LogP contribution in [0, 0.1) is 5.92 Å². The summed E-state index contributed by atoms with van der Waals surface area (Å²) >= 11 is 0. The Bertz CT molecular complexity index is 949. The van der Waals surface area contributed by atoms with E-state index in [1.54, 1.807) is 85.3 Å². The molecule has 1 aromatic rings. The van der Waals surface area contributed by atoms with Gasteiger partial charge in [-0.05, 0) is 31.6 Å². The monoisotopic (exact) mass is 788 g/mol. The van der Waals surface area contributed by atoms with Crippen LogP contribution in [-0.2, 0) is 67.3 Å². The molecular weight excluding hydrogens is 725 g/mol. The van der Waals surface area contributed by atoms with Crippen molar-refractivity contribution < 1.29 is 67.3 Å². The molecule has 0 amide bonds. The van der Waals surface area contributed by atoms with Gasteiger partial charge in [0.05, 0.1) is 25.4 Å². The van der Waals surface area contributed by atoms with E-state index in [9.17, 15) is 0 Å². The van der Waals surface area contributed by atoms with Crippen molar-refractivity contribution in [2.45, 2.75) is 56.6 Å². The van der Waals surface area contributed by atoms with Gasteiger partial charge >= 0.3 is 35.2 Å². The van der Waals surface area contributed by atoms with Gasteiger partial charge in [-0.15, -0.1) is 0 Å². The van der Waals surface area contributed by atoms with E-state index < -0.39 is 35.2 Å². The summed E-state index contributed by atoms with van der Waals surface area (Å²) in [4.78, 5) is 0. The second kappa shape index (κ2) is 24.7. The van der Waals surface area contributed by atoms with Crippen molar-refractivity contribution in [2.75, 3.05) is 105 Å². The third kappa shape index (κ3) is 15.8. The largest absolute Gasteiger partial charge is 0.536 e. The molecule has 4 unspecified atom stereocenters. The standard InChI is InChI=1S/C11H22O4Si.C9H14O3Si.C7H16O5Si.C4H12O3Si/c1-12-16(13-2,14-3)7-6-9-4-5-10-11(8-9)15-10;1-10-13(11-2,12-3)9-7-5-4-6-8-9;1-8-13(9-2,10-3)6-11-4-7-5-12-7;1-5-8(4,6-2)7-3/h9-11H,4-8H2,1-3H3;4-8H,1-3H3;7H,4-6H2,1-3H3;1-4H3. The molecule has 3 fully saturated rings. The highest BCUT2D eigenvalue weighted by Gasteiger charge is 2.45. The van der Waals surface area contributed by atoms with Crippen molar-refractivity contribution in [3.8, 4) is 0 Å². The summed E-state index contributed by atoms with van der Waals surface area (Å²) in [6.07, 6.45) is 6.64. The first-order chi connectivity index (χ1) is 24.0. The highest BCUT2D eigenvalue weighted by atomic mass is 28.4. The average Bonchev–Trinajstić information content (AvgIpc) is 4.13. The van der Waals surface area contributed by atoms with Crippen LogP contribution in [0.1, 0.15) is 25.7 Å². The van der Waals surface area contributed by atoms with Gasteiger partial charge < -0.3 is 67.3 Å². The van der Waals surface area contributed by atoms with Gasteiger partial charge in [0.1, 0.15) is 12.3 Å². The fourth-order valence-electron chi connectivity index (χ4n) is 5.09. The number of hydrogen-bond acceptors (Lipinski definition) is 15. The highest BCUT2D eigenvalue weighted by Crippen LogP contribution is 2.41. The number of ether oxygens (including phenoxy) is 3. The molecule has 0 spiro atoms. The average molecular weight is 789 g/mol. The highest BCUT2D eigenvalue weighted by molar-refractivity contribution is 6.75. The van der Waals surface area contributed by atoms with Crippen molar-refractivity contribution in [1.82, 2.24) is 0 Å². The molecule has 50 heavy (non-hydrogen) atoms. The number of rotatable bonds is 20. The molecule has 1 saturated carbocycles. The van der Waals surface area contributed by atoms with Crippen LogP contribution in [0.4, 0.5) is 0 Å². The van der Waals surface area contributed by atoms with Gasteiger partial charge in [-0.2, -0.15) is 0 Å². The van der Waals surface area contributed by atoms with Crippen molar-refractivity contribution in [3.63, 3.8) is 0 Å². The normalized spacial score (nSPS) is 21.4. The maximum absolute atomic E-state index is 5.54. The molecule has 4 atom stereocenters. The predicted octanol–water partition coefficient (Wildman–Crippen LogP) is 2.91. The molecule has 4 rings (SSSR count). The molecule has 1 aliphatic carbocycles. The Morgan fingerprint density at radius 3 is 1.50 bits per heavy atom. The summed E-state index contributed by atoms with van der Waals surface area (Å²) in [5.41, 5.74) is 0. The molecule has 15 nitrogen and oxygen atoms in total. The molecule has 0 N–H and O–H groups in total. The van der Waals surface area contributed by atoms with Crippen molar-refractivity contribution >= 4 is 40.4 Å². The summed E-state index contributed by atoms with van der Waals surface area (Å²) in [6, 6.07) is 10.6. The molecule has 2 aliphatic heterocycles. The molecule has 19 heteroatoms. The minimum Gasteiger partial charge on any atom is -0.377 e. The lowest BCUT2D eigenvalue weighted by atomic mass is 9.88. The van der Waals surface area contributed by atoms with Gasteiger partial charge in [0.2, 0.25) is 0 Å². The maximum Gasteiger partial charge on any atom is 0.536 e. The zero-order valence-electron chi connectivity index (χ0n) is 32.5. The third-order valence-electron chi connectivity index (χ3n) is 8.87. The van der Waals surface area contributed by atoms with E-state index in [0.717, 1.165) is 30.2 Å². The van der Waals surface area contributed by atoms with Gasteiger partial charge in [0.15, 0.2) is 0 Å². The molecule has 0 radical (unpaired) electrons. The van der Waals surface area contributed by atoms with E-state index in [4.69, 9.17) is 67.3 Å². The first-order valence-corrected chi connectivity index (χ1v) is 24.3. The molecule has 2 heterocycles. The maximum atomic E-state index is 5.54. The van der Waals surface area contributed by atoms with E-state index in [0.29, 0.717) is 25.0 Å². The minimum atomic E-state index is -2.59. The summed E-state index contributed by atoms with van der Waals surface area (Å²) < 4.78 is 78.4. The van der Waals surface area contributed by atoms with Crippen LogP contribution in [0.15, 0.2) is 30.3 Å². The minimum absolute atomic E-state index is 0.261. The van der Waals surface area contributed by atoms with E-state index in [2.05, 4.69) is 0 Å². The lowest BCUT2D eigenvalue weighted by molar-refractivity contribution is 0.0584. The van der Waals surface area contributed by atoms with Gasteiger partial charge in [-0.1, -0.05) is 30.3 Å². The van der Waals surface area contributed by atoms with Gasteiger partial charge in [0, 0.05) is 103 Å². The van der Waals surface area contributed by atoms with Crippen LogP contribution in [0.5, 0.6) is 0 Å². The SMILES string of the molecule is CO[Si](C)(OC)OC.CO[Si](CCC1CCC2OC2C1)(OC)OC.CO[Si](COCC1CO1)(OC)OC.CO[Si](OC)(OC)c1ccccc1. The Morgan fingerprint density at radius 1 is 0.620 bits per heavy atom. The van der Waals surface area contributed by atoms with Crippen LogP contribution in [-0.4, -0.2) is 158 Å². The van der Waals surface area contributed by atoms with Crippen molar-refractivity contribution in [3.05, 3.63) is 30.3 Å². The Labute approximate surface area is 304 Å². The lowest BCUT2D eigenvalue weighted by Crippen LogP contribution is -2.54.